The van der Waals surface area contributed by atoms with Crippen LogP contribution >= 0.6 is 0 Å². The summed E-state index contributed by atoms with van der Waals surface area (Å²) in [6.45, 7) is 3.37. The number of halogens is 1. The molecule has 0 unspecified atom stereocenters. The van der Waals surface area contributed by atoms with Gasteiger partial charge in [0.05, 0.1) is 12.2 Å². The third-order valence-corrected chi connectivity index (χ3v) is 4.05. The molecule has 1 N–H and O–H groups in total. The standard InChI is InChI=1S/C12H13FN2O3S/c1-8-9(2)18-12(15-8)7-14-19(16,17)11-6-4-3-5-10(11)13/h3-6,14H,7H2,1-2H3. The highest BCUT2D eigenvalue weighted by Gasteiger charge is 2.19. The van der Waals surface area contributed by atoms with Gasteiger partial charge in [0.15, 0.2) is 0 Å². The van der Waals surface area contributed by atoms with E-state index in [1.807, 2.05) is 0 Å². The second kappa shape index (κ2) is 5.10. The number of hydrogen-bond donors (Lipinski definition) is 1. The zero-order chi connectivity index (χ0) is 14.0. The highest BCUT2D eigenvalue weighted by Crippen LogP contribution is 2.14. The molecule has 0 amide bonds. The first-order chi connectivity index (χ1) is 8.90. The average Bonchev–Trinajstić information content (AvgIpc) is 2.67. The van der Waals surface area contributed by atoms with Crippen molar-refractivity contribution >= 4 is 10.0 Å². The summed E-state index contributed by atoms with van der Waals surface area (Å²) in [6.07, 6.45) is 0. The number of sulfonamides is 1. The summed E-state index contributed by atoms with van der Waals surface area (Å²) >= 11 is 0. The van der Waals surface area contributed by atoms with Crippen LogP contribution in [-0.4, -0.2) is 13.4 Å². The number of oxazole rings is 1. The van der Waals surface area contributed by atoms with Crippen LogP contribution in [0.2, 0.25) is 0 Å². The van der Waals surface area contributed by atoms with E-state index in [9.17, 15) is 12.8 Å². The number of nitrogens with one attached hydrogen (secondary N) is 1. The Bertz CT molecular complexity index is 675. The fraction of sp³-hybridized carbons (Fsp3) is 0.250. The zero-order valence-electron chi connectivity index (χ0n) is 10.5. The maximum atomic E-state index is 13.4. The van der Waals surface area contributed by atoms with E-state index in [4.69, 9.17) is 4.42 Å². The first-order valence-electron chi connectivity index (χ1n) is 5.57. The summed E-state index contributed by atoms with van der Waals surface area (Å²) < 4.78 is 44.7. The Morgan fingerprint density at radius 1 is 1.32 bits per heavy atom. The van der Waals surface area contributed by atoms with E-state index in [1.54, 1.807) is 13.8 Å². The molecule has 102 valence electrons. The van der Waals surface area contributed by atoms with Gasteiger partial charge < -0.3 is 4.42 Å². The number of hydrogen-bond acceptors (Lipinski definition) is 4. The summed E-state index contributed by atoms with van der Waals surface area (Å²) in [5.41, 5.74) is 0.695. The van der Waals surface area contributed by atoms with Crippen molar-refractivity contribution in [2.45, 2.75) is 25.3 Å². The molecule has 7 heteroatoms. The predicted molar refractivity (Wildman–Crippen MR) is 66.4 cm³/mol. The van der Waals surface area contributed by atoms with Crippen LogP contribution in [0.3, 0.4) is 0 Å². The van der Waals surface area contributed by atoms with E-state index in [0.717, 1.165) is 6.07 Å². The molecular formula is C12H13FN2O3S. The third kappa shape index (κ3) is 2.99. The van der Waals surface area contributed by atoms with Gasteiger partial charge in [-0.2, -0.15) is 0 Å². The predicted octanol–water partition coefficient (Wildman–Crippen LogP) is 1.91. The third-order valence-electron chi connectivity index (χ3n) is 2.61. The Balaban J connectivity index is 2.17. The monoisotopic (exact) mass is 284 g/mol. The van der Waals surface area contributed by atoms with Gasteiger partial charge in [0.2, 0.25) is 15.9 Å². The van der Waals surface area contributed by atoms with Gasteiger partial charge in [0.25, 0.3) is 0 Å². The number of nitrogens with zero attached hydrogens (tertiary/aromatic N) is 1. The van der Waals surface area contributed by atoms with Gasteiger partial charge >= 0.3 is 0 Å². The Morgan fingerprint density at radius 2 is 2.00 bits per heavy atom. The summed E-state index contributed by atoms with van der Waals surface area (Å²) in [7, 11) is -3.92. The van der Waals surface area contributed by atoms with E-state index in [1.165, 1.54) is 18.2 Å². The largest absolute Gasteiger partial charge is 0.444 e. The molecule has 0 spiro atoms. The number of benzene rings is 1. The van der Waals surface area contributed by atoms with Crippen LogP contribution < -0.4 is 4.72 Å². The Kier molecular flexibility index (Phi) is 3.68. The van der Waals surface area contributed by atoms with Gasteiger partial charge in [-0.3, -0.25) is 0 Å². The van der Waals surface area contributed by atoms with Gasteiger partial charge in [0, 0.05) is 0 Å². The number of aryl methyl sites for hydroxylation is 2. The summed E-state index contributed by atoms with van der Waals surface area (Å²) in [5.74, 6) is 0.0739. The molecule has 1 heterocycles. The molecule has 0 atom stereocenters. The molecule has 0 fully saturated rings. The van der Waals surface area contributed by atoms with Crippen molar-refractivity contribution in [2.24, 2.45) is 0 Å². The molecule has 0 saturated carbocycles. The lowest BCUT2D eigenvalue weighted by atomic mass is 10.4. The van der Waals surface area contributed by atoms with Gasteiger partial charge in [-0.05, 0) is 26.0 Å². The number of rotatable bonds is 4. The molecule has 1 aromatic carbocycles. The molecular weight excluding hydrogens is 271 g/mol. The van der Waals surface area contributed by atoms with Crippen LogP contribution in [0.5, 0.6) is 0 Å². The normalized spacial score (nSPS) is 11.7. The summed E-state index contributed by atoms with van der Waals surface area (Å²) in [4.78, 5) is 3.65. The van der Waals surface area contributed by atoms with Crippen LogP contribution in [0.15, 0.2) is 33.6 Å². The lowest BCUT2D eigenvalue weighted by Crippen LogP contribution is -2.24. The van der Waals surface area contributed by atoms with Crippen LogP contribution in [0.1, 0.15) is 17.3 Å². The van der Waals surface area contributed by atoms with E-state index >= 15 is 0 Å². The van der Waals surface area contributed by atoms with Crippen LogP contribution in [0, 0.1) is 19.7 Å². The van der Waals surface area contributed by atoms with E-state index in [0.29, 0.717) is 11.5 Å². The lowest BCUT2D eigenvalue weighted by molar-refractivity contribution is 0.462. The van der Waals surface area contributed by atoms with Crippen LogP contribution in [0.25, 0.3) is 0 Å². The SMILES string of the molecule is Cc1nc(CNS(=O)(=O)c2ccccc2F)oc1C. The Morgan fingerprint density at radius 3 is 2.58 bits per heavy atom. The topological polar surface area (TPSA) is 72.2 Å². The number of aromatic nitrogens is 1. The van der Waals surface area contributed by atoms with Crippen molar-refractivity contribution in [2.75, 3.05) is 0 Å². The van der Waals surface area contributed by atoms with Crippen molar-refractivity contribution in [1.82, 2.24) is 9.71 Å². The molecule has 5 nitrogen and oxygen atoms in total. The second-order valence-electron chi connectivity index (χ2n) is 4.00. The fourth-order valence-corrected chi connectivity index (χ4v) is 2.56. The average molecular weight is 284 g/mol. The van der Waals surface area contributed by atoms with Crippen molar-refractivity contribution < 1.29 is 17.2 Å². The van der Waals surface area contributed by atoms with Crippen molar-refractivity contribution in [3.63, 3.8) is 0 Å². The molecule has 0 aliphatic carbocycles. The highest BCUT2D eigenvalue weighted by atomic mass is 32.2. The van der Waals surface area contributed by atoms with Crippen LogP contribution in [-0.2, 0) is 16.6 Å². The highest BCUT2D eigenvalue weighted by molar-refractivity contribution is 7.89. The summed E-state index contributed by atoms with van der Waals surface area (Å²) in [5, 5.41) is 0. The van der Waals surface area contributed by atoms with Crippen molar-refractivity contribution in [3.8, 4) is 0 Å². The minimum absolute atomic E-state index is 0.120. The first-order valence-corrected chi connectivity index (χ1v) is 7.05. The quantitative estimate of drug-likeness (QED) is 0.931. The maximum Gasteiger partial charge on any atom is 0.243 e. The molecule has 2 aromatic rings. The molecule has 0 aliphatic heterocycles. The van der Waals surface area contributed by atoms with Gasteiger partial charge in [-0.15, -0.1) is 0 Å². The second-order valence-corrected chi connectivity index (χ2v) is 5.74. The molecule has 0 aliphatic rings. The summed E-state index contributed by atoms with van der Waals surface area (Å²) in [6, 6.07) is 5.17. The van der Waals surface area contributed by atoms with Crippen molar-refractivity contribution in [3.05, 3.63) is 47.4 Å². The zero-order valence-corrected chi connectivity index (χ0v) is 11.3. The lowest BCUT2D eigenvalue weighted by Gasteiger charge is -2.05. The molecule has 0 bridgehead atoms. The Hall–Kier alpha value is -1.73. The Labute approximate surface area is 110 Å². The van der Waals surface area contributed by atoms with Gasteiger partial charge in [-0.25, -0.2) is 22.5 Å². The first kappa shape index (κ1) is 13.7. The van der Waals surface area contributed by atoms with Crippen LogP contribution in [0.4, 0.5) is 4.39 Å². The molecule has 2 rings (SSSR count). The molecule has 0 saturated heterocycles. The maximum absolute atomic E-state index is 13.4. The minimum atomic E-state index is -3.92. The minimum Gasteiger partial charge on any atom is -0.444 e. The van der Waals surface area contributed by atoms with Crippen molar-refractivity contribution in [1.29, 1.82) is 0 Å². The molecule has 1 aromatic heterocycles. The van der Waals surface area contributed by atoms with E-state index < -0.39 is 20.7 Å². The van der Waals surface area contributed by atoms with E-state index in [2.05, 4.69) is 9.71 Å². The fourth-order valence-electron chi connectivity index (χ4n) is 1.51. The van der Waals surface area contributed by atoms with Gasteiger partial charge in [0.1, 0.15) is 16.5 Å². The smallest absolute Gasteiger partial charge is 0.243 e. The van der Waals surface area contributed by atoms with Gasteiger partial charge in [-0.1, -0.05) is 12.1 Å². The van der Waals surface area contributed by atoms with E-state index in [-0.39, 0.29) is 12.4 Å². The molecule has 0 radical (unpaired) electrons. The molecule has 19 heavy (non-hydrogen) atoms.